The van der Waals surface area contributed by atoms with E-state index in [0.717, 1.165) is 36.3 Å². The molecular weight excluding hydrogens is 550 g/mol. The highest BCUT2D eigenvalue weighted by Crippen LogP contribution is 2.27. The molecule has 1 aromatic rings. The Balaban J connectivity index is 0.000000863. The van der Waals surface area contributed by atoms with Crippen molar-refractivity contribution in [2.75, 3.05) is 39.1 Å². The van der Waals surface area contributed by atoms with Gasteiger partial charge in [-0.15, -0.1) is 11.6 Å². The highest BCUT2D eigenvalue weighted by Gasteiger charge is 2.19. The number of hydrogen-bond donors (Lipinski definition) is 2. The molecule has 0 bridgehead atoms. The average molecular weight is 604 g/mol. The van der Waals surface area contributed by atoms with Crippen LogP contribution in [-0.2, 0) is 9.59 Å². The Morgan fingerprint density at radius 3 is 2.26 bits per heavy atom. The van der Waals surface area contributed by atoms with Crippen LogP contribution >= 0.6 is 11.6 Å². The van der Waals surface area contributed by atoms with Crippen LogP contribution in [0.15, 0.2) is 60.0 Å². The fraction of sp³-hybridized carbons (Fsp3) is 0.545. The first-order chi connectivity index (χ1) is 20.1. The van der Waals surface area contributed by atoms with Gasteiger partial charge in [0.05, 0.1) is 5.38 Å². The number of benzene rings is 1. The summed E-state index contributed by atoms with van der Waals surface area (Å²) in [6.07, 6.45) is 13.0. The Labute approximate surface area is 259 Å². The van der Waals surface area contributed by atoms with Gasteiger partial charge in [-0.25, -0.2) is 4.99 Å². The van der Waals surface area contributed by atoms with E-state index in [2.05, 4.69) is 66.9 Å². The van der Waals surface area contributed by atoms with Crippen LogP contribution in [-0.4, -0.2) is 68.7 Å². The zero-order valence-corrected chi connectivity index (χ0v) is 28.0. The third-order valence-corrected chi connectivity index (χ3v) is 7.07. The van der Waals surface area contributed by atoms with Crippen molar-refractivity contribution < 1.29 is 14.3 Å². The fourth-order valence-corrected chi connectivity index (χ4v) is 4.32. The molecule has 1 fully saturated rings. The molecule has 1 atom stereocenters. The highest BCUT2D eigenvalue weighted by molar-refractivity contribution is 6.23. The zero-order chi connectivity index (χ0) is 32.1. The Morgan fingerprint density at radius 2 is 1.74 bits per heavy atom. The fourth-order valence-electron chi connectivity index (χ4n) is 4.18. The Hall–Kier alpha value is -3.10. The number of allylic oxidation sites excluding steroid dienone is 2. The largest absolute Gasteiger partial charge is 0.452 e. The van der Waals surface area contributed by atoms with Crippen molar-refractivity contribution in [3.05, 3.63) is 60.5 Å². The molecule has 2 amide bonds. The van der Waals surface area contributed by atoms with Gasteiger partial charge in [0.2, 0.25) is 6.41 Å². The van der Waals surface area contributed by atoms with E-state index in [1.807, 2.05) is 39.0 Å². The maximum absolute atomic E-state index is 12.3. The predicted molar refractivity (Wildman–Crippen MR) is 180 cm³/mol. The van der Waals surface area contributed by atoms with Crippen molar-refractivity contribution in [2.24, 2.45) is 10.9 Å². The van der Waals surface area contributed by atoms with Gasteiger partial charge in [0.25, 0.3) is 5.91 Å². The summed E-state index contributed by atoms with van der Waals surface area (Å²) in [6, 6.07) is 6.80. The minimum atomic E-state index is -0.456. The lowest BCUT2D eigenvalue weighted by atomic mass is 9.87. The lowest BCUT2D eigenvalue weighted by Crippen LogP contribution is -2.31. The van der Waals surface area contributed by atoms with Crippen molar-refractivity contribution in [3.63, 3.8) is 0 Å². The molecule has 2 aliphatic rings. The second kappa shape index (κ2) is 22.5. The number of alkyl halides is 1. The minimum absolute atomic E-state index is 0.00320. The molecule has 1 heterocycles. The summed E-state index contributed by atoms with van der Waals surface area (Å²) in [5.74, 6) is 1.51. The SMILES string of the molecule is C=C(Oc1cc(N(CC)CC)ccc1C)C(=O)NC1=NC=CC(Cl)C=C1.CC.CC1CCC(N(C)C)CC1.CNC=O. The molecule has 9 heteroatoms. The number of carbonyl (C=O) groups excluding carboxylic acids is 2. The smallest absolute Gasteiger partial charge is 0.291 e. The van der Waals surface area contributed by atoms with E-state index in [1.54, 1.807) is 31.5 Å². The molecule has 0 spiro atoms. The Bertz CT molecular complexity index is 1030. The van der Waals surface area contributed by atoms with Crippen LogP contribution in [0.2, 0.25) is 0 Å². The number of amidine groups is 1. The number of amides is 2. The summed E-state index contributed by atoms with van der Waals surface area (Å²) < 4.78 is 5.72. The van der Waals surface area contributed by atoms with Crippen LogP contribution in [0.5, 0.6) is 5.75 Å². The Kier molecular flexibility index (Phi) is 20.8. The molecule has 236 valence electrons. The van der Waals surface area contributed by atoms with E-state index < -0.39 is 5.91 Å². The first-order valence-electron chi connectivity index (χ1n) is 14.9. The molecular formula is C33H54ClN5O3. The van der Waals surface area contributed by atoms with Crippen LogP contribution in [0.4, 0.5) is 5.69 Å². The number of aliphatic imine (C=N–C) groups is 1. The number of halogens is 1. The van der Waals surface area contributed by atoms with Crippen LogP contribution in [0.1, 0.15) is 65.9 Å². The molecule has 1 aromatic carbocycles. The standard InChI is InChI=1S/C20H24ClN3O2.C9H19N.C2H5NO.C2H6/c1-5-24(6-2)17-9-7-14(3)18(13-17)26-15(4)20(25)23-19-10-8-16(21)11-12-22-19;1-8-4-6-9(7-5-8)10(2)3;1-3-2-4;1-2/h7-13,16H,4-6H2,1-3H3,(H,22,23,25);8-9H,4-7H2,1-3H3;2H,1H3,(H,3,4);1-2H3. The topological polar surface area (TPSA) is 86.3 Å². The van der Waals surface area contributed by atoms with E-state index in [1.165, 1.54) is 25.7 Å². The molecule has 1 aliphatic heterocycles. The van der Waals surface area contributed by atoms with Crippen molar-refractivity contribution in [1.29, 1.82) is 0 Å². The van der Waals surface area contributed by atoms with Gasteiger partial charge < -0.3 is 25.2 Å². The number of rotatable bonds is 8. The molecule has 42 heavy (non-hydrogen) atoms. The number of ether oxygens (including phenoxy) is 1. The number of hydrogen-bond acceptors (Lipinski definition) is 6. The van der Waals surface area contributed by atoms with E-state index >= 15 is 0 Å². The average Bonchev–Trinajstić information content (AvgIpc) is 3.20. The third kappa shape index (κ3) is 15.2. The first-order valence-corrected chi connectivity index (χ1v) is 15.4. The molecule has 0 radical (unpaired) electrons. The molecule has 0 saturated heterocycles. The van der Waals surface area contributed by atoms with Crippen molar-refractivity contribution in [3.8, 4) is 5.75 Å². The van der Waals surface area contributed by atoms with Gasteiger partial charge in [0.1, 0.15) is 11.6 Å². The van der Waals surface area contributed by atoms with Gasteiger partial charge in [-0.05, 0) is 90.2 Å². The van der Waals surface area contributed by atoms with Gasteiger partial charge in [-0.3, -0.25) is 9.59 Å². The van der Waals surface area contributed by atoms with Gasteiger partial charge in [0, 0.05) is 44.1 Å². The normalized spacial score (nSPS) is 18.7. The minimum Gasteiger partial charge on any atom is -0.452 e. The molecule has 2 N–H and O–H groups in total. The molecule has 8 nitrogen and oxygen atoms in total. The van der Waals surface area contributed by atoms with Crippen LogP contribution in [0.25, 0.3) is 0 Å². The quantitative estimate of drug-likeness (QED) is 0.154. The molecule has 3 rings (SSSR count). The van der Waals surface area contributed by atoms with Crippen LogP contribution in [0, 0.1) is 12.8 Å². The number of carbonyl (C=O) groups is 2. The molecule has 1 aliphatic carbocycles. The summed E-state index contributed by atoms with van der Waals surface area (Å²) in [6.45, 7) is 18.0. The molecule has 1 unspecified atom stereocenters. The monoisotopic (exact) mass is 603 g/mol. The maximum Gasteiger partial charge on any atom is 0.291 e. The van der Waals surface area contributed by atoms with Crippen LogP contribution < -0.4 is 20.3 Å². The van der Waals surface area contributed by atoms with E-state index in [-0.39, 0.29) is 11.1 Å². The van der Waals surface area contributed by atoms with Gasteiger partial charge >= 0.3 is 0 Å². The van der Waals surface area contributed by atoms with Gasteiger partial charge in [-0.1, -0.05) is 39.5 Å². The number of aryl methyl sites for hydroxylation is 1. The lowest BCUT2D eigenvalue weighted by Gasteiger charge is -2.30. The Morgan fingerprint density at radius 1 is 1.14 bits per heavy atom. The molecule has 0 aromatic heterocycles. The highest BCUT2D eigenvalue weighted by atomic mass is 35.5. The van der Waals surface area contributed by atoms with Gasteiger partial charge in [-0.2, -0.15) is 0 Å². The van der Waals surface area contributed by atoms with E-state index in [9.17, 15) is 4.79 Å². The summed E-state index contributed by atoms with van der Waals surface area (Å²) in [5, 5.41) is 4.66. The number of nitrogens with one attached hydrogen (secondary N) is 2. The van der Waals surface area contributed by atoms with Crippen molar-refractivity contribution in [2.45, 2.75) is 78.6 Å². The van der Waals surface area contributed by atoms with Crippen molar-refractivity contribution >= 4 is 35.4 Å². The van der Waals surface area contributed by atoms with Gasteiger partial charge in [0.15, 0.2) is 5.76 Å². The second-order valence-electron chi connectivity index (χ2n) is 10.0. The zero-order valence-electron chi connectivity index (χ0n) is 27.2. The van der Waals surface area contributed by atoms with E-state index in [4.69, 9.17) is 21.1 Å². The van der Waals surface area contributed by atoms with Crippen molar-refractivity contribution in [1.82, 2.24) is 15.5 Å². The van der Waals surface area contributed by atoms with E-state index in [0.29, 0.717) is 18.0 Å². The first kappa shape index (κ1) is 38.9. The lowest BCUT2D eigenvalue weighted by molar-refractivity contribution is -0.118. The third-order valence-electron chi connectivity index (χ3n) is 6.78. The maximum atomic E-state index is 12.3. The number of nitrogens with zero attached hydrogens (tertiary/aromatic N) is 3. The summed E-state index contributed by atoms with van der Waals surface area (Å²) in [4.78, 5) is 30.1. The summed E-state index contributed by atoms with van der Waals surface area (Å²) >= 11 is 5.97. The second-order valence-corrected chi connectivity index (χ2v) is 10.5. The number of anilines is 1. The van der Waals surface area contributed by atoms with Crippen LogP contribution in [0.3, 0.4) is 0 Å². The predicted octanol–water partition coefficient (Wildman–Crippen LogP) is 6.45. The summed E-state index contributed by atoms with van der Waals surface area (Å²) in [7, 11) is 5.95. The summed E-state index contributed by atoms with van der Waals surface area (Å²) in [5.41, 5.74) is 1.97. The molecule has 1 saturated carbocycles.